The summed E-state index contributed by atoms with van der Waals surface area (Å²) >= 11 is 1.41. The number of thioether (sulfide) groups is 1. The van der Waals surface area contributed by atoms with Gasteiger partial charge < -0.3 is 4.74 Å². The highest BCUT2D eigenvalue weighted by Gasteiger charge is 2.37. The van der Waals surface area contributed by atoms with Crippen LogP contribution in [0.25, 0.3) is 0 Å². The predicted molar refractivity (Wildman–Crippen MR) is 119 cm³/mol. The van der Waals surface area contributed by atoms with Gasteiger partial charge in [0.1, 0.15) is 18.7 Å². The van der Waals surface area contributed by atoms with Crippen molar-refractivity contribution in [2.24, 2.45) is 0 Å². The van der Waals surface area contributed by atoms with Crippen molar-refractivity contribution in [3.63, 3.8) is 0 Å². The van der Waals surface area contributed by atoms with Crippen LogP contribution < -0.4 is 0 Å². The van der Waals surface area contributed by atoms with Crippen molar-refractivity contribution < 1.29 is 19.1 Å². The lowest BCUT2D eigenvalue weighted by molar-refractivity contribution is -0.148. The highest BCUT2D eigenvalue weighted by atomic mass is 32.2. The van der Waals surface area contributed by atoms with Gasteiger partial charge in [0.15, 0.2) is 0 Å². The molecule has 2 rings (SSSR count). The Morgan fingerprint density at radius 2 is 1.70 bits per heavy atom. The van der Waals surface area contributed by atoms with Crippen LogP contribution in [0.5, 0.6) is 0 Å². The summed E-state index contributed by atoms with van der Waals surface area (Å²) in [5.74, 6) is -1.04. The Labute approximate surface area is 182 Å². The SMILES string of the molecule is C=C/C(Sc1ccc(C)cc1C)=C(\C=C)N1C(=O)CN(C(=O)OC(C)(C)C)CC1=O. The Balaban J connectivity index is 2.31. The maximum absolute atomic E-state index is 12.8. The highest BCUT2D eigenvalue weighted by molar-refractivity contribution is 8.03. The summed E-state index contributed by atoms with van der Waals surface area (Å²) in [5.41, 5.74) is 1.86. The molecule has 1 fully saturated rings. The van der Waals surface area contributed by atoms with E-state index in [0.717, 1.165) is 25.8 Å². The molecule has 0 atom stereocenters. The van der Waals surface area contributed by atoms with Crippen LogP contribution >= 0.6 is 11.8 Å². The van der Waals surface area contributed by atoms with E-state index in [2.05, 4.69) is 19.2 Å². The first kappa shape index (κ1) is 23.5. The van der Waals surface area contributed by atoms with Gasteiger partial charge in [0.25, 0.3) is 11.8 Å². The van der Waals surface area contributed by atoms with E-state index >= 15 is 0 Å². The molecule has 1 aromatic carbocycles. The maximum atomic E-state index is 12.8. The Morgan fingerprint density at radius 1 is 1.10 bits per heavy atom. The average molecular weight is 429 g/mol. The molecule has 0 bridgehead atoms. The van der Waals surface area contributed by atoms with Gasteiger partial charge in [-0.05, 0) is 52.3 Å². The van der Waals surface area contributed by atoms with E-state index < -0.39 is 23.5 Å². The fraction of sp³-hybridized carbons (Fsp3) is 0.348. The third-order valence-corrected chi connectivity index (χ3v) is 5.50. The second-order valence-corrected chi connectivity index (χ2v) is 9.07. The van der Waals surface area contributed by atoms with Gasteiger partial charge >= 0.3 is 6.09 Å². The summed E-state index contributed by atoms with van der Waals surface area (Å²) in [6.07, 6.45) is 2.37. The number of hydrogen-bond acceptors (Lipinski definition) is 5. The van der Waals surface area contributed by atoms with Gasteiger partial charge in [-0.25, -0.2) is 9.69 Å². The smallest absolute Gasteiger partial charge is 0.411 e. The molecule has 7 heteroatoms. The molecule has 0 aliphatic carbocycles. The normalized spacial score (nSPS) is 15.6. The molecular formula is C23H28N2O4S. The third-order valence-electron chi connectivity index (χ3n) is 4.23. The summed E-state index contributed by atoms with van der Waals surface area (Å²) in [6, 6.07) is 6.05. The quantitative estimate of drug-likeness (QED) is 0.390. The molecule has 0 saturated carbocycles. The monoisotopic (exact) mass is 428 g/mol. The van der Waals surface area contributed by atoms with Crippen molar-refractivity contribution in [2.75, 3.05) is 13.1 Å². The number of carbonyl (C=O) groups is 3. The van der Waals surface area contributed by atoms with Crippen molar-refractivity contribution in [1.29, 1.82) is 0 Å². The zero-order chi connectivity index (χ0) is 22.6. The van der Waals surface area contributed by atoms with Crippen molar-refractivity contribution in [2.45, 2.75) is 45.1 Å². The number of allylic oxidation sites excluding steroid dienone is 2. The van der Waals surface area contributed by atoms with Crippen molar-refractivity contribution >= 4 is 29.7 Å². The van der Waals surface area contributed by atoms with E-state index in [1.165, 1.54) is 17.8 Å². The molecule has 3 amide bonds. The molecule has 1 aliphatic rings. The first-order valence-corrected chi connectivity index (χ1v) is 10.4. The predicted octanol–water partition coefficient (Wildman–Crippen LogP) is 4.59. The van der Waals surface area contributed by atoms with Crippen LogP contribution in [0, 0.1) is 13.8 Å². The lowest BCUT2D eigenvalue weighted by Crippen LogP contribution is -2.55. The molecule has 0 radical (unpaired) electrons. The maximum Gasteiger partial charge on any atom is 0.411 e. The van der Waals surface area contributed by atoms with Crippen LogP contribution in [-0.4, -0.2) is 46.4 Å². The second kappa shape index (κ2) is 9.34. The second-order valence-electron chi connectivity index (χ2n) is 7.99. The average Bonchev–Trinajstić information content (AvgIpc) is 2.63. The van der Waals surface area contributed by atoms with Gasteiger partial charge in [0.2, 0.25) is 0 Å². The molecule has 0 spiro atoms. The van der Waals surface area contributed by atoms with Gasteiger partial charge in [-0.1, -0.05) is 48.7 Å². The number of nitrogens with zero attached hydrogens (tertiary/aromatic N) is 2. The summed E-state index contributed by atoms with van der Waals surface area (Å²) < 4.78 is 5.28. The fourth-order valence-corrected chi connectivity index (χ4v) is 3.88. The van der Waals surface area contributed by atoms with Crippen LogP contribution in [0.1, 0.15) is 31.9 Å². The number of ether oxygens (including phenoxy) is 1. The van der Waals surface area contributed by atoms with Crippen molar-refractivity contribution in [3.05, 3.63) is 65.2 Å². The Hall–Kier alpha value is -2.80. The molecule has 1 heterocycles. The molecule has 30 heavy (non-hydrogen) atoms. The molecule has 1 saturated heterocycles. The van der Waals surface area contributed by atoms with Gasteiger partial charge in [-0.15, -0.1) is 0 Å². The minimum atomic E-state index is -0.717. The minimum absolute atomic E-state index is 0.253. The number of amides is 3. The van der Waals surface area contributed by atoms with E-state index in [-0.39, 0.29) is 13.1 Å². The third kappa shape index (κ3) is 5.63. The van der Waals surface area contributed by atoms with Crippen molar-refractivity contribution in [3.8, 4) is 0 Å². The first-order valence-electron chi connectivity index (χ1n) is 9.54. The minimum Gasteiger partial charge on any atom is -0.444 e. The molecule has 0 unspecified atom stereocenters. The molecule has 160 valence electrons. The Morgan fingerprint density at radius 3 is 2.17 bits per heavy atom. The van der Waals surface area contributed by atoms with E-state index in [4.69, 9.17) is 4.74 Å². The summed E-state index contributed by atoms with van der Waals surface area (Å²) in [5, 5.41) is 0. The van der Waals surface area contributed by atoms with Crippen LogP contribution in [0.4, 0.5) is 4.79 Å². The van der Waals surface area contributed by atoms with Gasteiger partial charge in [-0.3, -0.25) is 14.5 Å². The fourth-order valence-electron chi connectivity index (χ4n) is 2.92. The molecule has 0 aromatic heterocycles. The topological polar surface area (TPSA) is 66.9 Å². The standard InChI is InChI=1S/C23H28N2O4S/c1-8-17(18(9-2)30-19-11-10-15(3)12-16(19)4)25-20(26)13-24(14-21(25)27)22(28)29-23(5,6)7/h8-12H,1-2,13-14H2,3-7H3/b18-17-. The van der Waals surface area contributed by atoms with E-state index in [0.29, 0.717) is 10.6 Å². The summed E-state index contributed by atoms with van der Waals surface area (Å²) in [4.78, 5) is 41.7. The number of rotatable bonds is 5. The first-order chi connectivity index (χ1) is 14.0. The number of aryl methyl sites for hydroxylation is 2. The molecule has 0 N–H and O–H groups in total. The van der Waals surface area contributed by atoms with E-state index in [1.54, 1.807) is 26.8 Å². The number of piperazine rings is 1. The zero-order valence-electron chi connectivity index (χ0n) is 18.2. The van der Waals surface area contributed by atoms with Crippen molar-refractivity contribution in [1.82, 2.24) is 9.80 Å². The molecule has 6 nitrogen and oxygen atoms in total. The Kier molecular flexibility index (Phi) is 7.31. The lowest BCUT2D eigenvalue weighted by Gasteiger charge is -2.34. The summed E-state index contributed by atoms with van der Waals surface area (Å²) in [7, 11) is 0. The highest BCUT2D eigenvalue weighted by Crippen LogP contribution is 2.34. The molecule has 1 aliphatic heterocycles. The molecule has 1 aromatic rings. The van der Waals surface area contributed by atoms with Crippen LogP contribution in [0.2, 0.25) is 0 Å². The van der Waals surface area contributed by atoms with Crippen LogP contribution in [0.15, 0.2) is 59.0 Å². The van der Waals surface area contributed by atoms with Gasteiger partial charge in [0.05, 0.1) is 5.70 Å². The number of imide groups is 1. The molecular weight excluding hydrogens is 400 g/mol. The summed E-state index contributed by atoms with van der Waals surface area (Å²) in [6.45, 7) is 16.3. The van der Waals surface area contributed by atoms with Crippen LogP contribution in [0.3, 0.4) is 0 Å². The number of hydrogen-bond donors (Lipinski definition) is 0. The van der Waals surface area contributed by atoms with Gasteiger partial charge in [0, 0.05) is 9.80 Å². The largest absolute Gasteiger partial charge is 0.444 e. The Bertz CT molecular complexity index is 910. The zero-order valence-corrected chi connectivity index (χ0v) is 19.0. The van der Waals surface area contributed by atoms with Gasteiger partial charge in [-0.2, -0.15) is 0 Å². The van der Waals surface area contributed by atoms with Crippen LogP contribution in [-0.2, 0) is 14.3 Å². The lowest BCUT2D eigenvalue weighted by atomic mass is 10.2. The number of benzene rings is 1. The number of carbonyl (C=O) groups excluding carboxylic acids is 3. The van der Waals surface area contributed by atoms with E-state index in [9.17, 15) is 14.4 Å². The van der Waals surface area contributed by atoms with E-state index in [1.807, 2.05) is 26.0 Å².